The van der Waals surface area contributed by atoms with Gasteiger partial charge in [0.1, 0.15) is 16.9 Å². The zero-order chi connectivity index (χ0) is 14.4. The van der Waals surface area contributed by atoms with E-state index in [2.05, 4.69) is 4.98 Å². The maximum Gasteiger partial charge on any atom is 0.347 e. The van der Waals surface area contributed by atoms with Crippen molar-refractivity contribution in [2.45, 2.75) is 32.0 Å². The third-order valence-corrected chi connectivity index (χ3v) is 4.48. The van der Waals surface area contributed by atoms with E-state index in [1.165, 1.54) is 19.0 Å². The zero-order valence-electron chi connectivity index (χ0n) is 11.8. The van der Waals surface area contributed by atoms with Crippen LogP contribution in [0.1, 0.15) is 29.4 Å². The van der Waals surface area contributed by atoms with Gasteiger partial charge in [-0.3, -0.25) is 0 Å². The Bertz CT molecular complexity index is 572. The van der Waals surface area contributed by atoms with Crippen LogP contribution < -0.4 is 10.7 Å². The van der Waals surface area contributed by atoms with E-state index >= 15 is 0 Å². The molecule has 0 spiro atoms. The summed E-state index contributed by atoms with van der Waals surface area (Å²) in [6.45, 7) is 1.88. The first-order valence-corrected chi connectivity index (χ1v) is 7.36. The predicted octanol–water partition coefficient (Wildman–Crippen LogP) is 1.41. The molecule has 2 aliphatic rings. The maximum atomic E-state index is 11.0. The third kappa shape index (κ3) is 2.89. The van der Waals surface area contributed by atoms with Gasteiger partial charge in [-0.2, -0.15) is 5.01 Å². The molecular weight excluding hydrogens is 314 g/mol. The number of carboxylic acids is 1. The number of hydrogen-bond acceptors (Lipinski definition) is 7. The fraction of sp³-hybridized carbons (Fsp3) is 0.583. The molecule has 7 nitrogen and oxygen atoms in total. The Morgan fingerprint density at radius 3 is 2.71 bits per heavy atom. The van der Waals surface area contributed by atoms with Gasteiger partial charge in [-0.25, -0.2) is 19.8 Å². The highest BCUT2D eigenvalue weighted by molar-refractivity contribution is 7.17. The summed E-state index contributed by atoms with van der Waals surface area (Å²) in [7, 11) is 1.95. The van der Waals surface area contributed by atoms with Crippen LogP contribution in [0.4, 0.5) is 5.13 Å². The summed E-state index contributed by atoms with van der Waals surface area (Å²) >= 11 is 1.13. The summed E-state index contributed by atoms with van der Waals surface area (Å²) in [5.41, 5.74) is 6.00. The molecule has 2 atom stereocenters. The second-order valence-electron chi connectivity index (χ2n) is 5.22. The number of nitrogens with two attached hydrogens (primary N) is 1. The molecule has 0 bridgehead atoms. The average Bonchev–Trinajstić information content (AvgIpc) is 2.99. The van der Waals surface area contributed by atoms with Gasteiger partial charge in [0.2, 0.25) is 5.13 Å². The van der Waals surface area contributed by atoms with Crippen molar-refractivity contribution in [3.63, 3.8) is 0 Å². The highest BCUT2D eigenvalue weighted by Crippen LogP contribution is 2.40. The smallest absolute Gasteiger partial charge is 0.347 e. The lowest BCUT2D eigenvalue weighted by Crippen LogP contribution is -2.47. The molecule has 2 heterocycles. The third-order valence-electron chi connectivity index (χ3n) is 3.52. The quantitative estimate of drug-likeness (QED) is 0.866. The van der Waals surface area contributed by atoms with Gasteiger partial charge in [0, 0.05) is 7.05 Å². The maximum absolute atomic E-state index is 11.0. The van der Waals surface area contributed by atoms with Crippen LogP contribution in [-0.4, -0.2) is 46.2 Å². The van der Waals surface area contributed by atoms with Crippen LogP contribution >= 0.6 is 23.7 Å². The number of carboxylic acid groups (broad SMARTS) is 1. The fourth-order valence-electron chi connectivity index (χ4n) is 2.36. The minimum absolute atomic E-state index is 0. The second-order valence-corrected chi connectivity index (χ2v) is 6.23. The minimum atomic E-state index is -0.964. The van der Waals surface area contributed by atoms with Crippen LogP contribution in [0, 0.1) is 5.92 Å². The average molecular weight is 332 g/mol. The Kier molecular flexibility index (Phi) is 4.52. The standard InChI is InChI=1S/C12H17N5O2S.ClH/c1-6(13)9-15-10(7-3-4-7)16(2)17(9)12-14-5-8(20-12)11(18)19;/h5-7,10H,3-4,13H2,1-2H3,(H,18,19);1H/t6-,10?;/m0./s1. The number of halogens is 1. The number of amidine groups is 1. The monoisotopic (exact) mass is 331 g/mol. The fourth-order valence-corrected chi connectivity index (χ4v) is 3.17. The summed E-state index contributed by atoms with van der Waals surface area (Å²) in [5, 5.41) is 13.5. The van der Waals surface area contributed by atoms with Crippen LogP contribution in [0.5, 0.6) is 0 Å². The van der Waals surface area contributed by atoms with Gasteiger partial charge in [-0.1, -0.05) is 11.3 Å². The first-order valence-electron chi connectivity index (χ1n) is 6.54. The summed E-state index contributed by atoms with van der Waals surface area (Å²) in [4.78, 5) is 20.1. The lowest BCUT2D eigenvalue weighted by atomic mass is 10.3. The number of anilines is 1. The number of thiazole rings is 1. The van der Waals surface area contributed by atoms with Crippen LogP contribution in [-0.2, 0) is 0 Å². The van der Waals surface area contributed by atoms with Crippen LogP contribution in [0.15, 0.2) is 11.2 Å². The molecule has 0 aromatic carbocycles. The van der Waals surface area contributed by atoms with E-state index in [1.54, 1.807) is 0 Å². The van der Waals surface area contributed by atoms with E-state index in [-0.39, 0.29) is 29.5 Å². The molecule has 116 valence electrons. The van der Waals surface area contributed by atoms with Crippen molar-refractivity contribution in [2.24, 2.45) is 16.6 Å². The SMILES string of the molecule is C[C@H](N)C1=NC(C2CC2)N(C)N1c1ncc(C(=O)O)s1.Cl. The molecule has 0 amide bonds. The molecular formula is C12H18ClN5O2S. The zero-order valence-corrected chi connectivity index (χ0v) is 13.4. The molecule has 9 heteroatoms. The Morgan fingerprint density at radius 2 is 2.24 bits per heavy atom. The number of aromatic nitrogens is 1. The number of aliphatic imine (C=N–C) groups is 1. The van der Waals surface area contributed by atoms with Crippen molar-refractivity contribution >= 4 is 40.7 Å². The number of rotatable bonds is 4. The van der Waals surface area contributed by atoms with Crippen molar-refractivity contribution in [3.05, 3.63) is 11.1 Å². The molecule has 3 N–H and O–H groups in total. The van der Waals surface area contributed by atoms with Crippen molar-refractivity contribution in [1.82, 2.24) is 9.99 Å². The van der Waals surface area contributed by atoms with E-state index in [1.807, 2.05) is 24.0 Å². The normalized spacial score (nSPS) is 23.7. The van der Waals surface area contributed by atoms with Gasteiger partial charge in [-0.15, -0.1) is 12.4 Å². The first-order chi connectivity index (χ1) is 9.49. The van der Waals surface area contributed by atoms with Crippen molar-refractivity contribution < 1.29 is 9.90 Å². The molecule has 1 fully saturated rings. The van der Waals surface area contributed by atoms with Gasteiger partial charge in [-0.05, 0) is 25.7 Å². The number of hydrogen-bond donors (Lipinski definition) is 2. The van der Waals surface area contributed by atoms with Gasteiger partial charge in [0.05, 0.1) is 12.2 Å². The van der Waals surface area contributed by atoms with E-state index in [9.17, 15) is 4.79 Å². The van der Waals surface area contributed by atoms with Crippen molar-refractivity contribution in [1.29, 1.82) is 0 Å². The molecule has 21 heavy (non-hydrogen) atoms. The largest absolute Gasteiger partial charge is 0.477 e. The van der Waals surface area contributed by atoms with Gasteiger partial charge >= 0.3 is 5.97 Å². The summed E-state index contributed by atoms with van der Waals surface area (Å²) in [6, 6.07) is -0.224. The lowest BCUT2D eigenvalue weighted by molar-refractivity contribution is 0.0702. The molecule has 1 saturated carbocycles. The van der Waals surface area contributed by atoms with Crippen molar-refractivity contribution in [2.75, 3.05) is 12.1 Å². The Balaban J connectivity index is 0.00000161. The molecule has 1 aromatic rings. The molecule has 1 unspecified atom stereocenters. The van der Waals surface area contributed by atoms with Gasteiger partial charge < -0.3 is 10.8 Å². The predicted molar refractivity (Wildman–Crippen MR) is 84.2 cm³/mol. The molecule has 1 aromatic heterocycles. The first kappa shape index (κ1) is 16.2. The Hall–Kier alpha value is -1.22. The highest BCUT2D eigenvalue weighted by atomic mass is 35.5. The minimum Gasteiger partial charge on any atom is -0.477 e. The number of aromatic carboxylic acids is 1. The van der Waals surface area contributed by atoms with Crippen LogP contribution in [0.3, 0.4) is 0 Å². The molecule has 0 radical (unpaired) electrons. The number of hydrazine groups is 1. The Labute approximate surface area is 132 Å². The molecule has 0 saturated heterocycles. The van der Waals surface area contributed by atoms with E-state index < -0.39 is 5.97 Å². The number of carbonyl (C=O) groups is 1. The van der Waals surface area contributed by atoms with Crippen molar-refractivity contribution in [3.8, 4) is 0 Å². The van der Waals surface area contributed by atoms with E-state index in [0.29, 0.717) is 11.0 Å². The Morgan fingerprint density at radius 1 is 1.57 bits per heavy atom. The number of nitrogens with zero attached hydrogens (tertiary/aromatic N) is 4. The topological polar surface area (TPSA) is 95.0 Å². The summed E-state index contributed by atoms with van der Waals surface area (Å²) < 4.78 is 0. The lowest BCUT2D eigenvalue weighted by Gasteiger charge is -2.29. The highest BCUT2D eigenvalue weighted by Gasteiger charge is 2.43. The van der Waals surface area contributed by atoms with Gasteiger partial charge in [0.25, 0.3) is 0 Å². The molecule has 3 rings (SSSR count). The van der Waals surface area contributed by atoms with Crippen LogP contribution in [0.2, 0.25) is 0 Å². The molecule has 1 aliphatic heterocycles. The molecule has 1 aliphatic carbocycles. The summed E-state index contributed by atoms with van der Waals surface area (Å²) in [5.74, 6) is 0.349. The van der Waals surface area contributed by atoms with Crippen LogP contribution in [0.25, 0.3) is 0 Å². The van der Waals surface area contributed by atoms with E-state index in [0.717, 1.165) is 17.2 Å². The van der Waals surface area contributed by atoms with Gasteiger partial charge in [0.15, 0.2) is 0 Å². The van der Waals surface area contributed by atoms with E-state index in [4.69, 9.17) is 15.8 Å². The summed E-state index contributed by atoms with van der Waals surface area (Å²) in [6.07, 6.45) is 3.82. The second kappa shape index (κ2) is 5.88.